The summed E-state index contributed by atoms with van der Waals surface area (Å²) in [6.07, 6.45) is 22.1. The van der Waals surface area contributed by atoms with E-state index in [0.717, 1.165) is 35.4 Å². The van der Waals surface area contributed by atoms with Crippen molar-refractivity contribution in [2.75, 3.05) is 7.11 Å². The average molecular weight is 538 g/mol. The largest absolute Gasteiger partial charge is 0.469 e. The molecule has 0 radical (unpaired) electrons. The zero-order valence-electron chi connectivity index (χ0n) is 25.5. The molecular formula is C35H55NO3. The fraction of sp³-hybridized carbons (Fsp3) is 0.657. The maximum Gasteiger partial charge on any atom is 0.305 e. The second kappa shape index (κ2) is 19.7. The van der Waals surface area contributed by atoms with Crippen molar-refractivity contribution in [2.45, 2.75) is 136 Å². The number of hydrogen-bond acceptors (Lipinski definition) is 3. The summed E-state index contributed by atoms with van der Waals surface area (Å²) in [6.45, 7) is 4.32. The molecule has 1 aromatic heterocycles. The van der Waals surface area contributed by atoms with Crippen molar-refractivity contribution < 1.29 is 14.3 Å². The number of aromatic nitrogens is 1. The van der Waals surface area contributed by atoms with Gasteiger partial charge in [-0.1, -0.05) is 127 Å². The predicted molar refractivity (Wildman–Crippen MR) is 164 cm³/mol. The molecule has 0 atom stereocenters. The molecule has 0 aliphatic carbocycles. The lowest BCUT2D eigenvalue weighted by Gasteiger charge is -2.09. The third-order valence-corrected chi connectivity index (χ3v) is 8.22. The number of benzene rings is 1. The highest BCUT2D eigenvalue weighted by Gasteiger charge is 2.24. The van der Waals surface area contributed by atoms with Gasteiger partial charge in [0.15, 0.2) is 5.78 Å². The Kier molecular flexibility index (Phi) is 16.6. The van der Waals surface area contributed by atoms with E-state index in [-0.39, 0.29) is 11.8 Å². The van der Waals surface area contributed by atoms with Crippen molar-refractivity contribution in [1.29, 1.82) is 0 Å². The first kappa shape index (κ1) is 32.8. The van der Waals surface area contributed by atoms with E-state index in [1.54, 1.807) is 0 Å². The Hall–Kier alpha value is -2.36. The fourth-order valence-electron chi connectivity index (χ4n) is 5.72. The van der Waals surface area contributed by atoms with Crippen molar-refractivity contribution >= 4 is 11.8 Å². The van der Waals surface area contributed by atoms with Crippen molar-refractivity contribution in [2.24, 2.45) is 7.05 Å². The molecule has 0 bridgehead atoms. The number of hydrogen-bond donors (Lipinski definition) is 0. The van der Waals surface area contributed by atoms with Crippen LogP contribution in [-0.4, -0.2) is 23.4 Å². The van der Waals surface area contributed by atoms with Gasteiger partial charge in [0.25, 0.3) is 0 Å². The topological polar surface area (TPSA) is 48.3 Å². The molecule has 39 heavy (non-hydrogen) atoms. The number of rotatable bonds is 22. The molecule has 0 amide bonds. The molecule has 1 aromatic carbocycles. The fourth-order valence-corrected chi connectivity index (χ4v) is 5.72. The van der Waals surface area contributed by atoms with Crippen LogP contribution in [0, 0.1) is 6.92 Å². The smallest absolute Gasteiger partial charge is 0.305 e. The number of carbonyl (C=O) groups excluding carboxylic acids is 2. The number of methoxy groups -OCH3 is 1. The Balaban J connectivity index is 1.77. The summed E-state index contributed by atoms with van der Waals surface area (Å²) in [7, 11) is 3.44. The number of esters is 1. The lowest BCUT2D eigenvalue weighted by molar-refractivity contribution is -0.140. The molecule has 4 heteroatoms. The van der Waals surface area contributed by atoms with Crippen LogP contribution in [-0.2, 0) is 29.4 Å². The Morgan fingerprint density at radius 2 is 1.26 bits per heavy atom. The first-order valence-corrected chi connectivity index (χ1v) is 15.8. The lowest BCUT2D eigenvalue weighted by Crippen LogP contribution is -2.08. The van der Waals surface area contributed by atoms with Gasteiger partial charge in [0.2, 0.25) is 0 Å². The molecule has 0 N–H and O–H groups in total. The SMILES string of the molecule is CCCCCCCCCCCCCCCCCC(=O)c1c(Cc2ccccc2)c(CCC(=O)OC)n(C)c1C. The first-order valence-electron chi connectivity index (χ1n) is 15.8. The first-order chi connectivity index (χ1) is 19.0. The number of unbranched alkanes of at least 4 members (excludes halogenated alkanes) is 14. The van der Waals surface area contributed by atoms with Crippen LogP contribution in [0.3, 0.4) is 0 Å². The van der Waals surface area contributed by atoms with Gasteiger partial charge >= 0.3 is 5.97 Å². The van der Waals surface area contributed by atoms with Gasteiger partial charge in [-0.3, -0.25) is 9.59 Å². The summed E-state index contributed by atoms with van der Waals surface area (Å²) in [6, 6.07) is 10.3. The van der Waals surface area contributed by atoms with Gasteiger partial charge in [0.1, 0.15) is 0 Å². The Labute approximate surface area is 238 Å². The molecule has 4 nitrogen and oxygen atoms in total. The van der Waals surface area contributed by atoms with Crippen LogP contribution in [0.15, 0.2) is 30.3 Å². The van der Waals surface area contributed by atoms with Gasteiger partial charge in [-0.05, 0) is 37.3 Å². The molecular weight excluding hydrogens is 482 g/mol. The Morgan fingerprint density at radius 3 is 1.77 bits per heavy atom. The maximum absolute atomic E-state index is 13.5. The predicted octanol–water partition coefficient (Wildman–Crippen LogP) is 9.47. The number of nitrogens with zero attached hydrogens (tertiary/aromatic N) is 1. The molecule has 218 valence electrons. The van der Waals surface area contributed by atoms with E-state index < -0.39 is 0 Å². The van der Waals surface area contributed by atoms with E-state index in [9.17, 15) is 9.59 Å². The monoisotopic (exact) mass is 537 g/mol. The van der Waals surface area contributed by atoms with E-state index in [4.69, 9.17) is 4.74 Å². The minimum atomic E-state index is -0.217. The standard InChI is InChI=1S/C35H55NO3/c1-5-6-7-8-9-10-11-12-13-14-15-16-17-18-22-25-33(37)35-29(2)36(3)32(26-27-34(38)39-4)31(35)28-30-23-20-19-21-24-30/h19-21,23-24H,5-18,22,25-28H2,1-4H3. The Bertz CT molecular complexity index is 960. The van der Waals surface area contributed by atoms with Crippen LogP contribution in [0.2, 0.25) is 0 Å². The molecule has 0 unspecified atom stereocenters. The van der Waals surface area contributed by atoms with Gasteiger partial charge in [-0.2, -0.15) is 0 Å². The summed E-state index contributed by atoms with van der Waals surface area (Å²) >= 11 is 0. The van der Waals surface area contributed by atoms with Crippen LogP contribution in [0.5, 0.6) is 0 Å². The van der Waals surface area contributed by atoms with Gasteiger partial charge in [-0.25, -0.2) is 0 Å². The summed E-state index contributed by atoms with van der Waals surface area (Å²) in [4.78, 5) is 25.3. The summed E-state index contributed by atoms with van der Waals surface area (Å²) in [5, 5.41) is 0. The molecule has 1 heterocycles. The molecule has 0 saturated carbocycles. The summed E-state index contributed by atoms with van der Waals surface area (Å²) < 4.78 is 6.99. The quantitative estimate of drug-likeness (QED) is 0.0853. The molecule has 2 aromatic rings. The molecule has 0 aliphatic rings. The molecule has 0 spiro atoms. The highest BCUT2D eigenvalue weighted by Crippen LogP contribution is 2.28. The molecule has 2 rings (SSSR count). The number of ketones is 1. The van der Waals surface area contributed by atoms with Crippen LogP contribution >= 0.6 is 0 Å². The van der Waals surface area contributed by atoms with Crippen LogP contribution in [0.25, 0.3) is 0 Å². The molecule has 0 fully saturated rings. The second-order valence-corrected chi connectivity index (χ2v) is 11.3. The third kappa shape index (κ3) is 12.1. The Morgan fingerprint density at radius 1 is 0.744 bits per heavy atom. The summed E-state index contributed by atoms with van der Waals surface area (Å²) in [5.74, 6) is 0.0261. The summed E-state index contributed by atoms with van der Waals surface area (Å²) in [5.41, 5.74) is 5.21. The van der Waals surface area contributed by atoms with Gasteiger partial charge in [0.05, 0.1) is 13.5 Å². The van der Waals surface area contributed by atoms with Crippen molar-refractivity contribution in [3.63, 3.8) is 0 Å². The van der Waals surface area contributed by atoms with E-state index in [0.29, 0.717) is 25.7 Å². The normalized spacial score (nSPS) is 11.2. The van der Waals surface area contributed by atoms with Crippen LogP contribution in [0.4, 0.5) is 0 Å². The number of carbonyl (C=O) groups is 2. The van der Waals surface area contributed by atoms with E-state index in [1.807, 2.05) is 32.2 Å². The van der Waals surface area contributed by atoms with Crippen molar-refractivity contribution in [1.82, 2.24) is 4.57 Å². The van der Waals surface area contributed by atoms with E-state index >= 15 is 0 Å². The zero-order chi connectivity index (χ0) is 28.3. The van der Waals surface area contributed by atoms with Crippen molar-refractivity contribution in [3.8, 4) is 0 Å². The third-order valence-electron chi connectivity index (χ3n) is 8.22. The van der Waals surface area contributed by atoms with E-state index in [2.05, 4.69) is 23.6 Å². The maximum atomic E-state index is 13.5. The van der Waals surface area contributed by atoms with Crippen LogP contribution in [0.1, 0.15) is 149 Å². The van der Waals surface area contributed by atoms with Crippen LogP contribution < -0.4 is 0 Å². The average Bonchev–Trinajstić information content (AvgIpc) is 3.18. The highest BCUT2D eigenvalue weighted by molar-refractivity contribution is 5.99. The zero-order valence-corrected chi connectivity index (χ0v) is 25.5. The number of Topliss-reactive ketones (excluding diaryl/α,β-unsaturated/α-hetero) is 1. The lowest BCUT2D eigenvalue weighted by atomic mass is 9.94. The second-order valence-electron chi connectivity index (χ2n) is 11.3. The minimum Gasteiger partial charge on any atom is -0.469 e. The van der Waals surface area contributed by atoms with E-state index in [1.165, 1.54) is 96.1 Å². The number of ether oxygens (including phenoxy) is 1. The molecule has 0 aliphatic heterocycles. The van der Waals surface area contributed by atoms with Gasteiger partial charge < -0.3 is 9.30 Å². The minimum absolute atomic E-state index is 0.217. The van der Waals surface area contributed by atoms with Crippen molar-refractivity contribution in [3.05, 3.63) is 58.4 Å². The highest BCUT2D eigenvalue weighted by atomic mass is 16.5. The van der Waals surface area contributed by atoms with Gasteiger partial charge in [-0.15, -0.1) is 0 Å². The molecule has 0 saturated heterocycles. The van der Waals surface area contributed by atoms with Gasteiger partial charge in [0, 0.05) is 30.4 Å².